The Bertz CT molecular complexity index is 1110. The molecule has 0 bridgehead atoms. The van der Waals surface area contributed by atoms with E-state index in [1.807, 2.05) is 17.0 Å². The highest BCUT2D eigenvalue weighted by Gasteiger charge is 2.31. The first-order valence-electron chi connectivity index (χ1n) is 11.6. The SMILES string of the molecule is CC1Cc2ccccc2N1Cc1occc1C(=O)N1CCC(C(=O)NCc2ccco2)CC1. The molecule has 1 atom stereocenters. The van der Waals surface area contributed by atoms with Crippen molar-refractivity contribution in [2.75, 3.05) is 18.0 Å². The lowest BCUT2D eigenvalue weighted by atomic mass is 9.95. The Morgan fingerprint density at radius 1 is 1.03 bits per heavy atom. The minimum absolute atomic E-state index is 0.0178. The summed E-state index contributed by atoms with van der Waals surface area (Å²) in [5, 5.41) is 2.93. The third-order valence-corrected chi connectivity index (χ3v) is 6.81. The molecule has 1 fully saturated rings. The average molecular weight is 448 g/mol. The smallest absolute Gasteiger partial charge is 0.257 e. The summed E-state index contributed by atoms with van der Waals surface area (Å²) in [7, 11) is 0. The maximum Gasteiger partial charge on any atom is 0.257 e. The van der Waals surface area contributed by atoms with E-state index in [-0.39, 0.29) is 17.7 Å². The average Bonchev–Trinajstić information content (AvgIpc) is 3.59. The van der Waals surface area contributed by atoms with Gasteiger partial charge in [-0.1, -0.05) is 18.2 Å². The molecule has 2 aliphatic heterocycles. The highest BCUT2D eigenvalue weighted by Crippen LogP contribution is 2.34. The van der Waals surface area contributed by atoms with Gasteiger partial charge in [-0.3, -0.25) is 9.59 Å². The maximum atomic E-state index is 13.3. The summed E-state index contributed by atoms with van der Waals surface area (Å²) in [4.78, 5) is 29.9. The molecule has 5 rings (SSSR count). The molecule has 7 nitrogen and oxygen atoms in total. The number of nitrogens with zero attached hydrogens (tertiary/aromatic N) is 2. The van der Waals surface area contributed by atoms with Crippen molar-refractivity contribution in [3.05, 3.63) is 77.6 Å². The number of likely N-dealkylation sites (tertiary alicyclic amines) is 1. The first-order chi connectivity index (χ1) is 16.1. The molecule has 7 heteroatoms. The zero-order chi connectivity index (χ0) is 22.8. The summed E-state index contributed by atoms with van der Waals surface area (Å²) in [5.74, 6) is 1.34. The monoisotopic (exact) mass is 447 g/mol. The third-order valence-electron chi connectivity index (χ3n) is 6.81. The maximum absolute atomic E-state index is 13.3. The highest BCUT2D eigenvalue weighted by atomic mass is 16.3. The van der Waals surface area contributed by atoms with Gasteiger partial charge in [-0.05, 0) is 56.0 Å². The highest BCUT2D eigenvalue weighted by molar-refractivity contribution is 5.95. The van der Waals surface area contributed by atoms with Crippen LogP contribution in [0.4, 0.5) is 5.69 Å². The van der Waals surface area contributed by atoms with Gasteiger partial charge in [0.15, 0.2) is 0 Å². The van der Waals surface area contributed by atoms with Crippen LogP contribution in [0.5, 0.6) is 0 Å². The quantitative estimate of drug-likeness (QED) is 0.618. The van der Waals surface area contributed by atoms with Crippen LogP contribution in [-0.2, 0) is 24.3 Å². The molecule has 33 heavy (non-hydrogen) atoms. The second-order valence-corrected chi connectivity index (χ2v) is 8.93. The Labute approximate surface area is 193 Å². The first-order valence-corrected chi connectivity index (χ1v) is 11.6. The predicted molar refractivity (Wildman–Crippen MR) is 124 cm³/mol. The summed E-state index contributed by atoms with van der Waals surface area (Å²) >= 11 is 0. The molecule has 0 radical (unpaired) electrons. The van der Waals surface area contributed by atoms with E-state index < -0.39 is 0 Å². The standard InChI is InChI=1S/C26H29N3O4/c1-18-15-20-5-2-3-7-23(20)29(18)17-24-22(10-14-33-24)26(31)28-11-8-19(9-12-28)25(30)27-16-21-6-4-13-32-21/h2-7,10,13-14,18-19H,8-9,11-12,15-17H2,1H3,(H,27,30). The number of furan rings is 2. The molecule has 1 aromatic carbocycles. The van der Waals surface area contributed by atoms with Crippen LogP contribution in [0.1, 0.15) is 47.2 Å². The Hall–Kier alpha value is -3.48. The number of fused-ring (bicyclic) bond motifs is 1. The van der Waals surface area contributed by atoms with Crippen molar-refractivity contribution >= 4 is 17.5 Å². The van der Waals surface area contributed by atoms with Crippen LogP contribution in [0, 0.1) is 5.92 Å². The molecule has 0 aliphatic carbocycles. The molecular formula is C26H29N3O4. The molecule has 4 heterocycles. The number of piperidine rings is 1. The van der Waals surface area contributed by atoms with Gasteiger partial charge in [0.25, 0.3) is 5.91 Å². The van der Waals surface area contributed by atoms with E-state index in [9.17, 15) is 9.59 Å². The van der Waals surface area contributed by atoms with Crippen molar-refractivity contribution in [1.82, 2.24) is 10.2 Å². The van der Waals surface area contributed by atoms with E-state index in [0.717, 1.165) is 12.2 Å². The van der Waals surface area contributed by atoms with E-state index in [0.29, 0.717) is 56.4 Å². The Morgan fingerprint density at radius 2 is 1.85 bits per heavy atom. The molecule has 2 aromatic heterocycles. The van der Waals surface area contributed by atoms with Gasteiger partial charge in [0.1, 0.15) is 11.5 Å². The summed E-state index contributed by atoms with van der Waals surface area (Å²) in [6.07, 6.45) is 5.50. The van der Waals surface area contributed by atoms with Gasteiger partial charge >= 0.3 is 0 Å². The van der Waals surface area contributed by atoms with Gasteiger partial charge in [-0.2, -0.15) is 0 Å². The molecule has 1 N–H and O–H groups in total. The van der Waals surface area contributed by atoms with Crippen LogP contribution in [-0.4, -0.2) is 35.8 Å². The van der Waals surface area contributed by atoms with E-state index in [2.05, 4.69) is 35.3 Å². The largest absolute Gasteiger partial charge is 0.467 e. The number of hydrogen-bond acceptors (Lipinski definition) is 5. The molecule has 3 aromatic rings. The number of hydrogen-bond donors (Lipinski definition) is 1. The number of benzene rings is 1. The number of para-hydroxylation sites is 1. The van der Waals surface area contributed by atoms with Gasteiger partial charge in [-0.15, -0.1) is 0 Å². The number of carbonyl (C=O) groups excluding carboxylic acids is 2. The van der Waals surface area contributed by atoms with Crippen molar-refractivity contribution in [3.63, 3.8) is 0 Å². The van der Waals surface area contributed by atoms with E-state index >= 15 is 0 Å². The molecular weight excluding hydrogens is 418 g/mol. The van der Waals surface area contributed by atoms with Crippen molar-refractivity contribution in [2.45, 2.75) is 45.3 Å². The van der Waals surface area contributed by atoms with Crippen LogP contribution in [0.25, 0.3) is 0 Å². The molecule has 1 saturated heterocycles. The predicted octanol–water partition coefficient (Wildman–Crippen LogP) is 3.99. The van der Waals surface area contributed by atoms with Crippen molar-refractivity contribution < 1.29 is 18.4 Å². The minimum Gasteiger partial charge on any atom is -0.467 e. The normalized spacial score (nSPS) is 18.4. The van der Waals surface area contributed by atoms with E-state index in [1.165, 1.54) is 11.3 Å². The number of anilines is 1. The van der Waals surface area contributed by atoms with Gasteiger partial charge in [0.2, 0.25) is 5.91 Å². The van der Waals surface area contributed by atoms with Gasteiger partial charge in [0.05, 0.1) is 31.2 Å². The molecule has 1 unspecified atom stereocenters. The van der Waals surface area contributed by atoms with Gasteiger partial charge in [-0.25, -0.2) is 0 Å². The number of nitrogens with one attached hydrogen (secondary N) is 1. The van der Waals surface area contributed by atoms with Crippen molar-refractivity contribution in [3.8, 4) is 0 Å². The first kappa shape index (κ1) is 21.4. The summed E-state index contributed by atoms with van der Waals surface area (Å²) < 4.78 is 11.0. The fourth-order valence-electron chi connectivity index (χ4n) is 4.93. The fraction of sp³-hybridized carbons (Fsp3) is 0.385. The van der Waals surface area contributed by atoms with Crippen molar-refractivity contribution in [2.24, 2.45) is 5.92 Å². The zero-order valence-electron chi connectivity index (χ0n) is 18.8. The number of rotatable bonds is 6. The Kier molecular flexibility index (Phi) is 5.94. The van der Waals surface area contributed by atoms with Crippen LogP contribution in [0.3, 0.4) is 0 Å². The van der Waals surface area contributed by atoms with Gasteiger partial charge < -0.3 is 24.0 Å². The fourth-order valence-corrected chi connectivity index (χ4v) is 4.93. The van der Waals surface area contributed by atoms with Crippen molar-refractivity contribution in [1.29, 1.82) is 0 Å². The minimum atomic E-state index is -0.0882. The summed E-state index contributed by atoms with van der Waals surface area (Å²) in [5.41, 5.74) is 3.16. The molecule has 172 valence electrons. The topological polar surface area (TPSA) is 78.9 Å². The second-order valence-electron chi connectivity index (χ2n) is 8.93. The summed E-state index contributed by atoms with van der Waals surface area (Å²) in [6.45, 7) is 4.28. The number of carbonyl (C=O) groups is 2. The lowest BCUT2D eigenvalue weighted by molar-refractivity contribution is -0.126. The molecule has 2 amide bonds. The van der Waals surface area contributed by atoms with Crippen LogP contribution >= 0.6 is 0 Å². The van der Waals surface area contributed by atoms with E-state index in [1.54, 1.807) is 24.7 Å². The summed E-state index contributed by atoms with van der Waals surface area (Å²) in [6, 6.07) is 14.2. The lowest BCUT2D eigenvalue weighted by Gasteiger charge is -2.31. The second kappa shape index (κ2) is 9.17. The van der Waals surface area contributed by atoms with Crippen LogP contribution < -0.4 is 10.2 Å². The number of amides is 2. The van der Waals surface area contributed by atoms with Crippen LogP contribution in [0.15, 0.2) is 63.8 Å². The Balaban J connectivity index is 1.19. The van der Waals surface area contributed by atoms with E-state index in [4.69, 9.17) is 8.83 Å². The third kappa shape index (κ3) is 4.40. The lowest BCUT2D eigenvalue weighted by Crippen LogP contribution is -2.43. The molecule has 0 spiro atoms. The molecule has 0 saturated carbocycles. The zero-order valence-corrected chi connectivity index (χ0v) is 18.8. The van der Waals surface area contributed by atoms with Crippen LogP contribution in [0.2, 0.25) is 0 Å². The Morgan fingerprint density at radius 3 is 2.64 bits per heavy atom. The van der Waals surface area contributed by atoms with Gasteiger partial charge in [0, 0.05) is 30.7 Å². The molecule has 2 aliphatic rings.